The SMILES string of the molecule is CN1CCN(CCC(C)(N)C(N)=O)c2ccccc21. The highest BCUT2D eigenvalue weighted by Gasteiger charge is 2.27. The van der Waals surface area contributed by atoms with Crippen LogP contribution in [0.2, 0.25) is 0 Å². The van der Waals surface area contributed by atoms with E-state index in [2.05, 4.69) is 29.0 Å². The molecule has 0 radical (unpaired) electrons. The summed E-state index contributed by atoms with van der Waals surface area (Å²) in [6.45, 7) is 4.33. The van der Waals surface area contributed by atoms with Gasteiger partial charge in [0.15, 0.2) is 0 Å². The van der Waals surface area contributed by atoms with E-state index < -0.39 is 11.4 Å². The number of primary amides is 1. The second kappa shape index (κ2) is 5.09. The lowest BCUT2D eigenvalue weighted by Crippen LogP contribution is -2.52. The van der Waals surface area contributed by atoms with Gasteiger partial charge < -0.3 is 21.3 Å². The van der Waals surface area contributed by atoms with E-state index in [1.165, 1.54) is 11.4 Å². The Hall–Kier alpha value is -1.75. The van der Waals surface area contributed by atoms with Crippen LogP contribution < -0.4 is 21.3 Å². The van der Waals surface area contributed by atoms with Crippen molar-refractivity contribution in [3.8, 4) is 0 Å². The third-order valence-corrected chi connectivity index (χ3v) is 3.80. The number of fused-ring (bicyclic) bond motifs is 1. The Morgan fingerprint density at radius 3 is 2.58 bits per heavy atom. The largest absolute Gasteiger partial charge is 0.371 e. The normalized spacial score (nSPS) is 17.8. The molecule has 0 aliphatic carbocycles. The van der Waals surface area contributed by atoms with Gasteiger partial charge in [0.1, 0.15) is 0 Å². The molecule has 1 aliphatic rings. The summed E-state index contributed by atoms with van der Waals surface area (Å²) < 4.78 is 0. The van der Waals surface area contributed by atoms with Crippen LogP contribution in [-0.2, 0) is 4.79 Å². The molecule has 2 rings (SSSR count). The average molecular weight is 262 g/mol. The first kappa shape index (κ1) is 13.7. The van der Waals surface area contributed by atoms with E-state index in [9.17, 15) is 4.79 Å². The van der Waals surface area contributed by atoms with Crippen molar-refractivity contribution in [3.63, 3.8) is 0 Å². The van der Waals surface area contributed by atoms with Gasteiger partial charge >= 0.3 is 0 Å². The van der Waals surface area contributed by atoms with Crippen molar-refractivity contribution >= 4 is 17.3 Å². The molecule has 0 saturated heterocycles. The number of hydrogen-bond acceptors (Lipinski definition) is 4. The number of nitrogens with two attached hydrogens (primary N) is 2. The summed E-state index contributed by atoms with van der Waals surface area (Å²) in [4.78, 5) is 15.8. The number of rotatable bonds is 4. The molecule has 19 heavy (non-hydrogen) atoms. The van der Waals surface area contributed by atoms with Gasteiger partial charge in [0.05, 0.1) is 16.9 Å². The number of carbonyl (C=O) groups is 1. The lowest BCUT2D eigenvalue weighted by atomic mass is 9.98. The van der Waals surface area contributed by atoms with Gasteiger partial charge in [-0.3, -0.25) is 4.79 Å². The fourth-order valence-corrected chi connectivity index (χ4v) is 2.29. The minimum Gasteiger partial charge on any atom is -0.371 e. The molecule has 0 aromatic heterocycles. The van der Waals surface area contributed by atoms with Crippen LogP contribution in [0.3, 0.4) is 0 Å². The van der Waals surface area contributed by atoms with Crippen LogP contribution in [0.5, 0.6) is 0 Å². The first-order valence-electron chi connectivity index (χ1n) is 6.56. The first-order chi connectivity index (χ1) is 8.92. The van der Waals surface area contributed by atoms with E-state index in [-0.39, 0.29) is 0 Å². The predicted molar refractivity (Wildman–Crippen MR) is 78.3 cm³/mol. The topological polar surface area (TPSA) is 75.6 Å². The third kappa shape index (κ3) is 2.81. The lowest BCUT2D eigenvalue weighted by Gasteiger charge is -2.38. The Labute approximate surface area is 114 Å². The van der Waals surface area contributed by atoms with Crippen molar-refractivity contribution in [2.45, 2.75) is 18.9 Å². The van der Waals surface area contributed by atoms with Crippen LogP contribution in [0.15, 0.2) is 24.3 Å². The zero-order valence-corrected chi connectivity index (χ0v) is 11.6. The Kier molecular flexibility index (Phi) is 3.66. The Morgan fingerprint density at radius 1 is 1.32 bits per heavy atom. The van der Waals surface area contributed by atoms with Crippen LogP contribution in [0.1, 0.15) is 13.3 Å². The average Bonchev–Trinajstić information content (AvgIpc) is 2.38. The highest BCUT2D eigenvalue weighted by Crippen LogP contribution is 2.31. The Morgan fingerprint density at radius 2 is 1.95 bits per heavy atom. The van der Waals surface area contributed by atoms with Crippen LogP contribution >= 0.6 is 0 Å². The fourth-order valence-electron chi connectivity index (χ4n) is 2.29. The minimum atomic E-state index is -0.946. The summed E-state index contributed by atoms with van der Waals surface area (Å²) >= 11 is 0. The van der Waals surface area contributed by atoms with Crippen molar-refractivity contribution in [3.05, 3.63) is 24.3 Å². The smallest absolute Gasteiger partial charge is 0.237 e. The first-order valence-corrected chi connectivity index (χ1v) is 6.56. The summed E-state index contributed by atoms with van der Waals surface area (Å²) in [5, 5.41) is 0. The summed E-state index contributed by atoms with van der Waals surface area (Å²) in [6.07, 6.45) is 0.556. The monoisotopic (exact) mass is 262 g/mol. The zero-order valence-electron chi connectivity index (χ0n) is 11.6. The zero-order chi connectivity index (χ0) is 14.0. The van der Waals surface area contributed by atoms with Crippen molar-refractivity contribution in [1.82, 2.24) is 0 Å². The maximum Gasteiger partial charge on any atom is 0.237 e. The predicted octanol–water partition coefficient (Wildman–Crippen LogP) is 0.536. The molecule has 0 saturated carbocycles. The molecule has 5 nitrogen and oxygen atoms in total. The number of carbonyl (C=O) groups excluding carboxylic acids is 1. The van der Waals surface area contributed by atoms with E-state index in [1.807, 2.05) is 12.1 Å². The van der Waals surface area contributed by atoms with Gasteiger partial charge in [-0.05, 0) is 25.5 Å². The van der Waals surface area contributed by atoms with Gasteiger partial charge in [0.2, 0.25) is 5.91 Å². The quantitative estimate of drug-likeness (QED) is 0.830. The molecule has 0 fully saturated rings. The van der Waals surface area contributed by atoms with E-state index in [4.69, 9.17) is 11.5 Å². The summed E-state index contributed by atoms with van der Waals surface area (Å²) in [6, 6.07) is 8.27. The molecule has 0 spiro atoms. The number of amides is 1. The number of anilines is 2. The van der Waals surface area contributed by atoms with Gasteiger partial charge in [0.25, 0.3) is 0 Å². The molecule has 1 heterocycles. The third-order valence-electron chi connectivity index (χ3n) is 3.80. The molecule has 1 unspecified atom stereocenters. The number of benzene rings is 1. The number of likely N-dealkylation sites (N-methyl/N-ethyl adjacent to an activating group) is 1. The van der Waals surface area contributed by atoms with E-state index >= 15 is 0 Å². The molecular weight excluding hydrogens is 240 g/mol. The molecule has 1 atom stereocenters. The number of hydrogen-bond donors (Lipinski definition) is 2. The second-order valence-electron chi connectivity index (χ2n) is 5.43. The van der Waals surface area contributed by atoms with Gasteiger partial charge in [-0.15, -0.1) is 0 Å². The van der Waals surface area contributed by atoms with Gasteiger partial charge in [0, 0.05) is 26.7 Å². The number of nitrogens with zero attached hydrogens (tertiary/aromatic N) is 2. The lowest BCUT2D eigenvalue weighted by molar-refractivity contribution is -0.122. The second-order valence-corrected chi connectivity index (χ2v) is 5.43. The van der Waals surface area contributed by atoms with Crippen molar-refractivity contribution in [1.29, 1.82) is 0 Å². The molecule has 104 valence electrons. The molecule has 1 amide bonds. The van der Waals surface area contributed by atoms with Crippen LogP contribution in [0.25, 0.3) is 0 Å². The van der Waals surface area contributed by atoms with Crippen molar-refractivity contribution < 1.29 is 4.79 Å². The molecule has 5 heteroatoms. The van der Waals surface area contributed by atoms with E-state index in [1.54, 1.807) is 6.92 Å². The molecule has 1 aliphatic heterocycles. The molecular formula is C14H22N4O. The maximum absolute atomic E-state index is 11.3. The van der Waals surface area contributed by atoms with Crippen LogP contribution in [0.4, 0.5) is 11.4 Å². The molecule has 1 aromatic carbocycles. The van der Waals surface area contributed by atoms with Crippen LogP contribution in [0, 0.1) is 0 Å². The van der Waals surface area contributed by atoms with E-state index in [0.717, 1.165) is 19.6 Å². The molecule has 0 bridgehead atoms. The summed E-state index contributed by atoms with van der Waals surface area (Å²) in [5.74, 6) is -0.449. The van der Waals surface area contributed by atoms with Gasteiger partial charge in [-0.2, -0.15) is 0 Å². The Bertz CT molecular complexity index is 472. The van der Waals surface area contributed by atoms with Crippen molar-refractivity contribution in [2.24, 2.45) is 11.5 Å². The molecule has 1 aromatic rings. The van der Waals surface area contributed by atoms with Gasteiger partial charge in [-0.25, -0.2) is 0 Å². The van der Waals surface area contributed by atoms with Gasteiger partial charge in [-0.1, -0.05) is 12.1 Å². The summed E-state index contributed by atoms with van der Waals surface area (Å²) in [5.41, 5.74) is 12.7. The van der Waals surface area contributed by atoms with E-state index in [0.29, 0.717) is 6.42 Å². The van der Waals surface area contributed by atoms with Crippen LogP contribution in [-0.4, -0.2) is 38.1 Å². The standard InChI is InChI=1S/C14H22N4O/c1-14(16,13(15)19)7-8-18-10-9-17(2)11-5-3-4-6-12(11)18/h3-6H,7-10,16H2,1-2H3,(H2,15,19). The van der Waals surface area contributed by atoms with Crippen molar-refractivity contribution in [2.75, 3.05) is 36.5 Å². The minimum absolute atomic E-state index is 0.449. The fraction of sp³-hybridized carbons (Fsp3) is 0.500. The maximum atomic E-state index is 11.3. The highest BCUT2D eigenvalue weighted by atomic mass is 16.1. The summed E-state index contributed by atoms with van der Waals surface area (Å²) in [7, 11) is 2.09. The highest BCUT2D eigenvalue weighted by molar-refractivity contribution is 5.84. The number of para-hydroxylation sites is 2. The Balaban J connectivity index is 2.11. The molecule has 4 N–H and O–H groups in total.